The number of hydrogen-bond donors (Lipinski definition) is 1. The van der Waals surface area contributed by atoms with Crippen LogP contribution in [0.3, 0.4) is 0 Å². The molecule has 0 radical (unpaired) electrons. The van der Waals surface area contributed by atoms with Gasteiger partial charge in [0.25, 0.3) is 0 Å². The molecule has 1 unspecified atom stereocenters. The highest BCUT2D eigenvalue weighted by Crippen LogP contribution is 2.21. The largest absolute Gasteiger partial charge is 0.468 e. The van der Waals surface area contributed by atoms with Gasteiger partial charge in [-0.2, -0.15) is 0 Å². The number of aryl methyl sites for hydroxylation is 2. The predicted molar refractivity (Wildman–Crippen MR) is 84.0 cm³/mol. The topological polar surface area (TPSA) is 42.2 Å². The molecule has 2 aromatic rings. The maximum absolute atomic E-state index is 12.2. The van der Waals surface area contributed by atoms with Gasteiger partial charge in [-0.1, -0.05) is 12.1 Å². The number of carbonyl (C=O) groups excluding carboxylic acids is 1. The van der Waals surface area contributed by atoms with Gasteiger partial charge in [-0.3, -0.25) is 4.79 Å². The van der Waals surface area contributed by atoms with E-state index in [1.807, 2.05) is 51.1 Å². The molecule has 106 valence electrons. The van der Waals surface area contributed by atoms with E-state index in [0.717, 1.165) is 22.6 Å². The summed E-state index contributed by atoms with van der Waals surface area (Å²) in [6.07, 6.45) is 1.65. The molecule has 1 amide bonds. The van der Waals surface area contributed by atoms with E-state index in [0.29, 0.717) is 5.75 Å². The minimum atomic E-state index is -0.125. The van der Waals surface area contributed by atoms with E-state index in [9.17, 15) is 4.79 Å². The second kappa shape index (κ2) is 6.66. The lowest BCUT2D eigenvalue weighted by molar-refractivity contribution is -0.115. The van der Waals surface area contributed by atoms with E-state index < -0.39 is 0 Å². The third-order valence-electron chi connectivity index (χ3n) is 3.08. The van der Waals surface area contributed by atoms with Crippen LogP contribution in [0.2, 0.25) is 0 Å². The van der Waals surface area contributed by atoms with Crippen molar-refractivity contribution < 1.29 is 9.21 Å². The van der Waals surface area contributed by atoms with Gasteiger partial charge >= 0.3 is 0 Å². The number of amides is 1. The fourth-order valence-corrected chi connectivity index (χ4v) is 2.57. The zero-order valence-electron chi connectivity index (χ0n) is 12.0. The lowest BCUT2D eigenvalue weighted by Gasteiger charge is -2.13. The summed E-state index contributed by atoms with van der Waals surface area (Å²) in [5, 5.41) is 2.87. The minimum Gasteiger partial charge on any atom is -0.468 e. The van der Waals surface area contributed by atoms with Crippen molar-refractivity contribution in [2.45, 2.75) is 31.8 Å². The van der Waals surface area contributed by atoms with E-state index in [-0.39, 0.29) is 11.2 Å². The average molecular weight is 289 g/mol. The molecule has 1 heterocycles. The van der Waals surface area contributed by atoms with Crippen LogP contribution in [0.1, 0.15) is 23.8 Å². The number of nitrogens with one attached hydrogen (secondary N) is 1. The number of furan rings is 1. The lowest BCUT2D eigenvalue weighted by Crippen LogP contribution is -2.23. The molecule has 0 fully saturated rings. The van der Waals surface area contributed by atoms with Crippen molar-refractivity contribution in [2.24, 2.45) is 0 Å². The van der Waals surface area contributed by atoms with Gasteiger partial charge in [0, 0.05) is 5.69 Å². The maximum atomic E-state index is 12.2. The van der Waals surface area contributed by atoms with Gasteiger partial charge in [-0.15, -0.1) is 11.8 Å². The van der Waals surface area contributed by atoms with Crippen LogP contribution < -0.4 is 5.32 Å². The second-order valence-electron chi connectivity index (χ2n) is 4.84. The quantitative estimate of drug-likeness (QED) is 0.898. The normalized spacial score (nSPS) is 12.2. The third kappa shape index (κ3) is 3.90. The van der Waals surface area contributed by atoms with Crippen molar-refractivity contribution in [3.8, 4) is 0 Å². The molecule has 0 aliphatic heterocycles. The van der Waals surface area contributed by atoms with Crippen molar-refractivity contribution in [1.82, 2.24) is 0 Å². The van der Waals surface area contributed by atoms with Crippen molar-refractivity contribution in [3.63, 3.8) is 0 Å². The predicted octanol–water partition coefficient (Wildman–Crippen LogP) is 4.16. The highest BCUT2D eigenvalue weighted by atomic mass is 32.2. The van der Waals surface area contributed by atoms with Crippen molar-refractivity contribution in [2.75, 3.05) is 5.32 Å². The highest BCUT2D eigenvalue weighted by Gasteiger charge is 2.15. The van der Waals surface area contributed by atoms with Crippen molar-refractivity contribution in [1.29, 1.82) is 0 Å². The molecule has 2 rings (SSSR count). The molecule has 4 heteroatoms. The molecule has 0 spiro atoms. The van der Waals surface area contributed by atoms with E-state index in [1.165, 1.54) is 0 Å². The number of rotatable bonds is 5. The number of thioether (sulfide) groups is 1. The molecule has 0 aliphatic rings. The Bertz CT molecular complexity index is 578. The Morgan fingerprint density at radius 3 is 2.85 bits per heavy atom. The average Bonchev–Trinajstić information content (AvgIpc) is 2.93. The van der Waals surface area contributed by atoms with Crippen LogP contribution in [0.25, 0.3) is 0 Å². The van der Waals surface area contributed by atoms with Crippen LogP contribution in [0.4, 0.5) is 5.69 Å². The molecule has 20 heavy (non-hydrogen) atoms. The smallest absolute Gasteiger partial charge is 0.237 e. The van der Waals surface area contributed by atoms with E-state index in [1.54, 1.807) is 18.0 Å². The zero-order chi connectivity index (χ0) is 14.5. The van der Waals surface area contributed by atoms with Crippen LogP contribution in [-0.2, 0) is 10.5 Å². The number of hydrogen-bond acceptors (Lipinski definition) is 3. The molecule has 1 aromatic carbocycles. The van der Waals surface area contributed by atoms with Gasteiger partial charge in [0.15, 0.2) is 0 Å². The number of carbonyl (C=O) groups is 1. The van der Waals surface area contributed by atoms with Crippen LogP contribution >= 0.6 is 11.8 Å². The van der Waals surface area contributed by atoms with Gasteiger partial charge in [0.2, 0.25) is 5.91 Å². The second-order valence-corrected chi connectivity index (χ2v) is 6.17. The standard InChI is InChI=1S/C16H19NO2S/c1-11-6-7-12(2)15(9-11)17-16(18)13(3)20-10-14-5-4-8-19-14/h4-9,13H,10H2,1-3H3,(H,17,18). The molecule has 0 bridgehead atoms. The number of anilines is 1. The van der Waals surface area contributed by atoms with Crippen LogP contribution in [-0.4, -0.2) is 11.2 Å². The molecular weight excluding hydrogens is 270 g/mol. The fraction of sp³-hybridized carbons (Fsp3) is 0.312. The summed E-state index contributed by atoms with van der Waals surface area (Å²) in [6, 6.07) is 9.84. The Labute approximate surface area is 123 Å². The molecule has 1 N–H and O–H groups in total. The Balaban J connectivity index is 1.92. The van der Waals surface area contributed by atoms with Crippen LogP contribution in [0.5, 0.6) is 0 Å². The molecule has 1 atom stereocenters. The molecule has 0 saturated heterocycles. The first-order chi connectivity index (χ1) is 9.56. The Hall–Kier alpha value is -1.68. The Morgan fingerprint density at radius 2 is 2.15 bits per heavy atom. The first-order valence-electron chi connectivity index (χ1n) is 6.58. The first-order valence-corrected chi connectivity index (χ1v) is 7.63. The maximum Gasteiger partial charge on any atom is 0.237 e. The van der Waals surface area contributed by atoms with Gasteiger partial charge in [0.1, 0.15) is 5.76 Å². The Kier molecular flexibility index (Phi) is 4.90. The summed E-state index contributed by atoms with van der Waals surface area (Å²) >= 11 is 1.57. The van der Waals surface area contributed by atoms with E-state index in [2.05, 4.69) is 5.32 Å². The van der Waals surface area contributed by atoms with Gasteiger partial charge in [-0.05, 0) is 50.1 Å². The minimum absolute atomic E-state index is 0.0234. The molecule has 1 aromatic heterocycles. The van der Waals surface area contributed by atoms with Gasteiger partial charge in [-0.25, -0.2) is 0 Å². The molecule has 3 nitrogen and oxygen atoms in total. The van der Waals surface area contributed by atoms with Crippen molar-refractivity contribution >= 4 is 23.4 Å². The summed E-state index contributed by atoms with van der Waals surface area (Å²) in [5.41, 5.74) is 3.11. The molecule has 0 saturated carbocycles. The summed E-state index contributed by atoms with van der Waals surface area (Å²) in [4.78, 5) is 12.2. The summed E-state index contributed by atoms with van der Waals surface area (Å²) in [5.74, 6) is 1.62. The van der Waals surface area contributed by atoms with Crippen molar-refractivity contribution in [3.05, 3.63) is 53.5 Å². The van der Waals surface area contributed by atoms with Gasteiger partial charge in [0.05, 0.1) is 17.3 Å². The first kappa shape index (κ1) is 14.7. The lowest BCUT2D eigenvalue weighted by atomic mass is 10.1. The SMILES string of the molecule is Cc1ccc(C)c(NC(=O)C(C)SCc2ccco2)c1. The van der Waals surface area contributed by atoms with Crippen LogP contribution in [0.15, 0.2) is 41.0 Å². The Morgan fingerprint density at radius 1 is 1.35 bits per heavy atom. The highest BCUT2D eigenvalue weighted by molar-refractivity contribution is 7.99. The fourth-order valence-electron chi connectivity index (χ4n) is 1.78. The summed E-state index contributed by atoms with van der Waals surface area (Å²) in [6.45, 7) is 5.92. The molecule has 0 aliphatic carbocycles. The zero-order valence-corrected chi connectivity index (χ0v) is 12.8. The third-order valence-corrected chi connectivity index (χ3v) is 4.24. The molecular formula is C16H19NO2S. The number of benzene rings is 1. The monoisotopic (exact) mass is 289 g/mol. The van der Waals surface area contributed by atoms with Gasteiger partial charge < -0.3 is 9.73 Å². The van der Waals surface area contributed by atoms with E-state index >= 15 is 0 Å². The summed E-state index contributed by atoms with van der Waals surface area (Å²) in [7, 11) is 0. The van der Waals surface area contributed by atoms with Crippen LogP contribution in [0, 0.1) is 13.8 Å². The summed E-state index contributed by atoms with van der Waals surface area (Å²) < 4.78 is 5.26. The van der Waals surface area contributed by atoms with E-state index in [4.69, 9.17) is 4.42 Å².